The molecule has 1 amide bonds. The van der Waals surface area contributed by atoms with E-state index in [9.17, 15) is 13.2 Å². The Hall–Kier alpha value is -3.75. The Kier molecular flexibility index (Phi) is 6.16. The molecule has 0 aliphatic carbocycles. The zero-order valence-corrected chi connectivity index (χ0v) is 18.1. The standard InChI is InChI=1S/C24H21N3O4S/c1-17-16-31-24(26-17)20-10-5-11-21(13-20)27-23(28)19-9-6-12-22(14-19)32(29,30)25-15-18-7-3-2-4-8-18/h2-14,16,25H,15H2,1H3,(H,27,28). The lowest BCUT2D eigenvalue weighted by Crippen LogP contribution is -2.23. The summed E-state index contributed by atoms with van der Waals surface area (Å²) in [5, 5.41) is 2.79. The first-order valence-electron chi connectivity index (χ1n) is 9.88. The predicted octanol–water partition coefficient (Wildman–Crippen LogP) is 4.38. The van der Waals surface area contributed by atoms with Crippen LogP contribution in [0.4, 0.5) is 5.69 Å². The average Bonchev–Trinajstić information content (AvgIpc) is 3.25. The van der Waals surface area contributed by atoms with Crippen LogP contribution >= 0.6 is 0 Å². The fourth-order valence-electron chi connectivity index (χ4n) is 3.08. The minimum Gasteiger partial charge on any atom is -0.444 e. The van der Waals surface area contributed by atoms with Crippen LogP contribution < -0.4 is 10.0 Å². The lowest BCUT2D eigenvalue weighted by molar-refractivity contribution is 0.102. The van der Waals surface area contributed by atoms with Gasteiger partial charge in [0.2, 0.25) is 15.9 Å². The zero-order valence-electron chi connectivity index (χ0n) is 17.3. The molecule has 0 spiro atoms. The number of benzene rings is 3. The van der Waals surface area contributed by atoms with E-state index in [-0.39, 0.29) is 17.0 Å². The summed E-state index contributed by atoms with van der Waals surface area (Å²) in [6.07, 6.45) is 1.55. The molecule has 0 aliphatic rings. The number of hydrogen-bond donors (Lipinski definition) is 2. The van der Waals surface area contributed by atoms with Gasteiger partial charge in [-0.3, -0.25) is 4.79 Å². The number of aromatic nitrogens is 1. The number of aryl methyl sites for hydroxylation is 1. The van der Waals surface area contributed by atoms with Crippen molar-refractivity contribution in [3.63, 3.8) is 0 Å². The van der Waals surface area contributed by atoms with Crippen LogP contribution in [0.1, 0.15) is 21.6 Å². The molecule has 32 heavy (non-hydrogen) atoms. The second-order valence-corrected chi connectivity index (χ2v) is 8.93. The molecule has 0 atom stereocenters. The maximum atomic E-state index is 12.8. The van der Waals surface area contributed by atoms with Crippen LogP contribution in [0.2, 0.25) is 0 Å². The number of carbonyl (C=O) groups is 1. The normalized spacial score (nSPS) is 11.3. The van der Waals surface area contributed by atoms with Crippen molar-refractivity contribution in [2.45, 2.75) is 18.4 Å². The molecule has 7 nitrogen and oxygen atoms in total. The Balaban J connectivity index is 1.49. The summed E-state index contributed by atoms with van der Waals surface area (Å²) >= 11 is 0. The molecule has 8 heteroatoms. The molecule has 0 saturated carbocycles. The number of sulfonamides is 1. The maximum absolute atomic E-state index is 12.8. The number of hydrogen-bond acceptors (Lipinski definition) is 5. The highest BCUT2D eigenvalue weighted by Crippen LogP contribution is 2.22. The minimum atomic E-state index is -3.78. The molecule has 0 fully saturated rings. The highest BCUT2D eigenvalue weighted by molar-refractivity contribution is 7.89. The van der Waals surface area contributed by atoms with Gasteiger partial charge in [-0.25, -0.2) is 18.1 Å². The van der Waals surface area contributed by atoms with Crippen LogP contribution in [0.25, 0.3) is 11.5 Å². The van der Waals surface area contributed by atoms with Crippen LogP contribution in [0.5, 0.6) is 0 Å². The molecule has 1 aromatic heterocycles. The first-order valence-corrected chi connectivity index (χ1v) is 11.4. The number of carbonyl (C=O) groups excluding carboxylic acids is 1. The summed E-state index contributed by atoms with van der Waals surface area (Å²) in [5.74, 6) is 0.0297. The number of oxazole rings is 1. The largest absolute Gasteiger partial charge is 0.444 e. The highest BCUT2D eigenvalue weighted by Gasteiger charge is 2.16. The fourth-order valence-corrected chi connectivity index (χ4v) is 4.15. The summed E-state index contributed by atoms with van der Waals surface area (Å²) in [5.41, 5.74) is 3.08. The van der Waals surface area contributed by atoms with Crippen molar-refractivity contribution in [2.24, 2.45) is 0 Å². The van der Waals surface area contributed by atoms with Crippen molar-refractivity contribution in [3.05, 3.63) is 102 Å². The van der Waals surface area contributed by atoms with E-state index in [1.165, 1.54) is 18.2 Å². The van der Waals surface area contributed by atoms with Gasteiger partial charge in [-0.2, -0.15) is 0 Å². The summed E-state index contributed by atoms with van der Waals surface area (Å²) in [4.78, 5) is 17.1. The van der Waals surface area contributed by atoms with E-state index >= 15 is 0 Å². The third kappa shape index (κ3) is 5.11. The third-order valence-corrected chi connectivity index (χ3v) is 6.10. The average molecular weight is 448 g/mol. The molecule has 3 aromatic carbocycles. The second-order valence-electron chi connectivity index (χ2n) is 7.17. The van der Waals surface area contributed by atoms with Crippen molar-refractivity contribution < 1.29 is 17.6 Å². The van der Waals surface area contributed by atoms with Crippen LogP contribution in [-0.4, -0.2) is 19.3 Å². The molecule has 0 saturated heterocycles. The third-order valence-electron chi connectivity index (χ3n) is 4.70. The highest BCUT2D eigenvalue weighted by atomic mass is 32.2. The lowest BCUT2D eigenvalue weighted by Gasteiger charge is -2.10. The first kappa shape index (κ1) is 21.5. The fraction of sp³-hybridized carbons (Fsp3) is 0.0833. The van der Waals surface area contributed by atoms with Crippen molar-refractivity contribution in [1.82, 2.24) is 9.71 Å². The minimum absolute atomic E-state index is 0.0186. The van der Waals surface area contributed by atoms with E-state index < -0.39 is 15.9 Å². The molecule has 0 bridgehead atoms. The molecule has 2 N–H and O–H groups in total. The quantitative estimate of drug-likeness (QED) is 0.438. The summed E-state index contributed by atoms with van der Waals surface area (Å²) in [7, 11) is -3.78. The Morgan fingerprint density at radius 2 is 1.75 bits per heavy atom. The van der Waals surface area contributed by atoms with Gasteiger partial charge in [0.1, 0.15) is 6.26 Å². The first-order chi connectivity index (χ1) is 15.4. The van der Waals surface area contributed by atoms with Gasteiger partial charge in [-0.15, -0.1) is 0 Å². The topological polar surface area (TPSA) is 101 Å². The molecule has 0 aliphatic heterocycles. The van der Waals surface area contributed by atoms with E-state index in [2.05, 4.69) is 15.0 Å². The van der Waals surface area contributed by atoms with Crippen molar-refractivity contribution in [3.8, 4) is 11.5 Å². The van der Waals surface area contributed by atoms with E-state index in [1.54, 1.807) is 30.5 Å². The molecule has 0 radical (unpaired) electrons. The SMILES string of the molecule is Cc1coc(-c2cccc(NC(=O)c3cccc(S(=O)(=O)NCc4ccccc4)c3)c2)n1. The summed E-state index contributed by atoms with van der Waals surface area (Å²) < 4.78 is 33.3. The van der Waals surface area contributed by atoms with Gasteiger partial charge in [-0.1, -0.05) is 42.5 Å². The lowest BCUT2D eigenvalue weighted by atomic mass is 10.1. The molecule has 4 aromatic rings. The Bertz CT molecular complexity index is 1350. The Morgan fingerprint density at radius 1 is 0.969 bits per heavy atom. The van der Waals surface area contributed by atoms with Gasteiger partial charge in [0.25, 0.3) is 5.91 Å². The van der Waals surface area contributed by atoms with Gasteiger partial charge in [-0.05, 0) is 48.9 Å². The summed E-state index contributed by atoms with van der Waals surface area (Å²) in [6.45, 7) is 1.99. The van der Waals surface area contributed by atoms with Gasteiger partial charge in [0.15, 0.2) is 0 Å². The number of rotatable bonds is 7. The molecule has 1 heterocycles. The van der Waals surface area contributed by atoms with E-state index in [0.29, 0.717) is 11.6 Å². The maximum Gasteiger partial charge on any atom is 0.255 e. The van der Waals surface area contributed by atoms with Gasteiger partial charge in [0, 0.05) is 23.4 Å². The van der Waals surface area contributed by atoms with Crippen molar-refractivity contribution >= 4 is 21.6 Å². The van der Waals surface area contributed by atoms with Crippen LogP contribution in [-0.2, 0) is 16.6 Å². The van der Waals surface area contributed by atoms with Gasteiger partial charge in [0.05, 0.1) is 10.6 Å². The number of anilines is 1. The van der Waals surface area contributed by atoms with E-state index in [0.717, 1.165) is 16.8 Å². The van der Waals surface area contributed by atoms with Crippen molar-refractivity contribution in [2.75, 3.05) is 5.32 Å². The van der Waals surface area contributed by atoms with Gasteiger partial charge < -0.3 is 9.73 Å². The molecule has 162 valence electrons. The Labute approximate surface area is 186 Å². The smallest absolute Gasteiger partial charge is 0.255 e. The number of nitrogens with zero attached hydrogens (tertiary/aromatic N) is 1. The second kappa shape index (κ2) is 9.17. The van der Waals surface area contributed by atoms with E-state index in [1.807, 2.05) is 43.3 Å². The van der Waals surface area contributed by atoms with Crippen LogP contribution in [0.3, 0.4) is 0 Å². The van der Waals surface area contributed by atoms with Gasteiger partial charge >= 0.3 is 0 Å². The van der Waals surface area contributed by atoms with E-state index in [4.69, 9.17) is 4.42 Å². The van der Waals surface area contributed by atoms with Crippen LogP contribution in [0.15, 0.2) is 94.4 Å². The molecular formula is C24H21N3O4S. The monoisotopic (exact) mass is 447 g/mol. The van der Waals surface area contributed by atoms with Crippen LogP contribution in [0, 0.1) is 6.92 Å². The summed E-state index contributed by atoms with van der Waals surface area (Å²) in [6, 6.07) is 22.2. The Morgan fingerprint density at radius 3 is 2.50 bits per heavy atom. The molecule has 0 unspecified atom stereocenters. The molecular weight excluding hydrogens is 426 g/mol. The zero-order chi connectivity index (χ0) is 22.6. The predicted molar refractivity (Wildman–Crippen MR) is 122 cm³/mol. The number of nitrogens with one attached hydrogen (secondary N) is 2. The van der Waals surface area contributed by atoms with Crippen molar-refractivity contribution in [1.29, 1.82) is 0 Å². The molecule has 4 rings (SSSR count). The number of amides is 1.